The molecule has 1 saturated heterocycles. The van der Waals surface area contributed by atoms with Crippen molar-refractivity contribution in [1.82, 2.24) is 4.90 Å². The highest BCUT2D eigenvalue weighted by Gasteiger charge is 2.34. The smallest absolute Gasteiger partial charge is 0.293 e. The largest absolute Gasteiger partial charge is 0.497 e. The Kier molecular flexibility index (Phi) is 6.03. The molecule has 1 aliphatic heterocycles. The lowest BCUT2D eigenvalue weighted by Gasteiger charge is -2.14. The molecule has 6 nitrogen and oxygen atoms in total. The maximum atomic E-state index is 12.5. The first kappa shape index (κ1) is 18.8. The molecule has 2 amide bonds. The predicted molar refractivity (Wildman–Crippen MR) is 104 cm³/mol. The summed E-state index contributed by atoms with van der Waals surface area (Å²) in [7, 11) is 3.15. The highest BCUT2D eigenvalue weighted by molar-refractivity contribution is 8.18. The van der Waals surface area contributed by atoms with Crippen LogP contribution in [-0.2, 0) is 4.79 Å². The summed E-state index contributed by atoms with van der Waals surface area (Å²) in [6.45, 7) is 0.358. The first-order chi connectivity index (χ1) is 13.1. The van der Waals surface area contributed by atoms with Crippen LogP contribution in [0.1, 0.15) is 5.56 Å². The van der Waals surface area contributed by atoms with Crippen LogP contribution in [0.25, 0.3) is 6.08 Å². The Bertz CT molecular complexity index is 863. The normalized spacial score (nSPS) is 15.3. The minimum absolute atomic E-state index is 0.169. The molecule has 7 heteroatoms. The molecule has 140 valence electrons. The molecule has 1 fully saturated rings. The first-order valence-electron chi connectivity index (χ1n) is 8.27. The number of thioether (sulfide) groups is 1. The second-order valence-corrected chi connectivity index (χ2v) is 6.60. The maximum absolute atomic E-state index is 12.5. The van der Waals surface area contributed by atoms with Gasteiger partial charge in [-0.05, 0) is 47.7 Å². The lowest BCUT2D eigenvalue weighted by atomic mass is 10.2. The number of ether oxygens (including phenoxy) is 3. The summed E-state index contributed by atoms with van der Waals surface area (Å²) in [5.74, 6) is 1.59. The molecule has 1 aliphatic rings. The summed E-state index contributed by atoms with van der Waals surface area (Å²) in [4.78, 5) is 26.3. The Labute approximate surface area is 161 Å². The Morgan fingerprint density at radius 3 is 2.33 bits per heavy atom. The van der Waals surface area contributed by atoms with Crippen LogP contribution in [0.5, 0.6) is 17.2 Å². The van der Waals surface area contributed by atoms with Gasteiger partial charge in [0.2, 0.25) is 0 Å². The Morgan fingerprint density at radius 2 is 1.67 bits per heavy atom. The number of rotatable bonds is 7. The zero-order valence-electron chi connectivity index (χ0n) is 15.0. The highest BCUT2D eigenvalue weighted by Crippen LogP contribution is 2.32. The number of nitrogens with zero attached hydrogens (tertiary/aromatic N) is 1. The number of hydrogen-bond acceptors (Lipinski definition) is 6. The molecule has 0 aromatic heterocycles. The molecule has 0 saturated carbocycles. The third-order valence-corrected chi connectivity index (χ3v) is 4.84. The van der Waals surface area contributed by atoms with Crippen molar-refractivity contribution < 1.29 is 23.8 Å². The van der Waals surface area contributed by atoms with Gasteiger partial charge in [0.25, 0.3) is 11.1 Å². The number of hydrogen-bond donors (Lipinski definition) is 0. The van der Waals surface area contributed by atoms with Crippen molar-refractivity contribution in [2.45, 2.75) is 0 Å². The van der Waals surface area contributed by atoms with E-state index in [2.05, 4.69) is 0 Å². The van der Waals surface area contributed by atoms with Crippen molar-refractivity contribution in [1.29, 1.82) is 0 Å². The Morgan fingerprint density at radius 1 is 0.963 bits per heavy atom. The molecule has 2 aromatic rings. The molecule has 0 N–H and O–H groups in total. The molecule has 0 bridgehead atoms. The molecule has 0 unspecified atom stereocenters. The fraction of sp³-hybridized carbons (Fsp3) is 0.200. The number of benzene rings is 2. The lowest BCUT2D eigenvalue weighted by molar-refractivity contribution is -0.123. The van der Waals surface area contributed by atoms with Gasteiger partial charge in [0, 0.05) is 0 Å². The van der Waals surface area contributed by atoms with Gasteiger partial charge in [-0.2, -0.15) is 0 Å². The monoisotopic (exact) mass is 385 g/mol. The molecule has 3 rings (SSSR count). The minimum atomic E-state index is -0.315. The van der Waals surface area contributed by atoms with E-state index in [4.69, 9.17) is 14.2 Å². The summed E-state index contributed by atoms with van der Waals surface area (Å²) in [5.41, 5.74) is 0.826. The zero-order valence-corrected chi connectivity index (χ0v) is 15.8. The summed E-state index contributed by atoms with van der Waals surface area (Å²) >= 11 is 0.928. The van der Waals surface area contributed by atoms with E-state index in [1.54, 1.807) is 44.6 Å². The van der Waals surface area contributed by atoms with Gasteiger partial charge < -0.3 is 14.2 Å². The summed E-state index contributed by atoms with van der Waals surface area (Å²) in [6.07, 6.45) is 1.70. The number of carbonyl (C=O) groups excluding carboxylic acids is 2. The quantitative estimate of drug-likeness (QED) is 0.675. The van der Waals surface area contributed by atoms with Crippen molar-refractivity contribution in [2.75, 3.05) is 27.4 Å². The number of amides is 2. The Hall–Kier alpha value is -2.93. The van der Waals surface area contributed by atoms with Crippen LogP contribution in [0.15, 0.2) is 53.4 Å². The molecule has 1 heterocycles. The van der Waals surface area contributed by atoms with Gasteiger partial charge in [-0.1, -0.05) is 24.3 Å². The molecular weight excluding hydrogens is 366 g/mol. The standard InChI is InChI=1S/C20H19NO5S/c1-24-15-9-7-14(8-10-15)13-18-19(22)21(20(23)27-18)11-12-26-17-6-4-3-5-16(17)25-2/h3-10,13H,11-12H2,1-2H3/b18-13-. The van der Waals surface area contributed by atoms with E-state index in [0.717, 1.165) is 23.1 Å². The van der Waals surface area contributed by atoms with E-state index in [1.165, 1.54) is 4.90 Å². The van der Waals surface area contributed by atoms with Crippen LogP contribution in [0.2, 0.25) is 0 Å². The molecule has 27 heavy (non-hydrogen) atoms. The zero-order chi connectivity index (χ0) is 19.2. The molecule has 0 aliphatic carbocycles. The van der Waals surface area contributed by atoms with Gasteiger partial charge in [0.1, 0.15) is 12.4 Å². The molecular formula is C20H19NO5S. The van der Waals surface area contributed by atoms with Gasteiger partial charge in [0.05, 0.1) is 25.7 Å². The first-order valence-corrected chi connectivity index (χ1v) is 9.09. The Balaban J connectivity index is 1.62. The van der Waals surface area contributed by atoms with Crippen molar-refractivity contribution in [3.63, 3.8) is 0 Å². The summed E-state index contributed by atoms with van der Waals surface area (Å²) in [5, 5.41) is -0.302. The van der Waals surface area contributed by atoms with Crippen molar-refractivity contribution in [2.24, 2.45) is 0 Å². The maximum Gasteiger partial charge on any atom is 0.293 e. The predicted octanol–water partition coefficient (Wildman–Crippen LogP) is 3.82. The number of para-hydroxylation sites is 2. The average Bonchev–Trinajstić information content (AvgIpc) is 2.96. The van der Waals surface area contributed by atoms with E-state index in [1.807, 2.05) is 24.3 Å². The van der Waals surface area contributed by atoms with Crippen LogP contribution >= 0.6 is 11.8 Å². The topological polar surface area (TPSA) is 65.1 Å². The van der Waals surface area contributed by atoms with Gasteiger partial charge in [-0.25, -0.2) is 0 Å². The van der Waals surface area contributed by atoms with Crippen LogP contribution in [0.3, 0.4) is 0 Å². The number of imide groups is 1. The summed E-state index contributed by atoms with van der Waals surface area (Å²) in [6, 6.07) is 14.5. The third-order valence-electron chi connectivity index (χ3n) is 3.93. The molecule has 2 aromatic carbocycles. The van der Waals surface area contributed by atoms with E-state index < -0.39 is 0 Å². The molecule has 0 spiro atoms. The van der Waals surface area contributed by atoms with Crippen LogP contribution in [0, 0.1) is 0 Å². The van der Waals surface area contributed by atoms with Gasteiger partial charge in [0.15, 0.2) is 11.5 Å². The molecule has 0 radical (unpaired) electrons. The average molecular weight is 385 g/mol. The van der Waals surface area contributed by atoms with Gasteiger partial charge in [-0.15, -0.1) is 0 Å². The van der Waals surface area contributed by atoms with E-state index in [0.29, 0.717) is 16.4 Å². The van der Waals surface area contributed by atoms with E-state index >= 15 is 0 Å². The lowest BCUT2D eigenvalue weighted by Crippen LogP contribution is -2.32. The van der Waals surface area contributed by atoms with E-state index in [9.17, 15) is 9.59 Å². The second-order valence-electron chi connectivity index (χ2n) is 5.61. The second kappa shape index (κ2) is 8.64. The summed E-state index contributed by atoms with van der Waals surface area (Å²) < 4.78 is 16.0. The van der Waals surface area contributed by atoms with Crippen molar-refractivity contribution in [3.8, 4) is 17.2 Å². The number of methoxy groups -OCH3 is 2. The number of carbonyl (C=O) groups is 2. The molecule has 0 atom stereocenters. The van der Waals surface area contributed by atoms with Crippen LogP contribution in [-0.4, -0.2) is 43.4 Å². The van der Waals surface area contributed by atoms with E-state index in [-0.39, 0.29) is 24.3 Å². The third kappa shape index (κ3) is 4.43. The van der Waals surface area contributed by atoms with Crippen molar-refractivity contribution in [3.05, 3.63) is 59.0 Å². The van der Waals surface area contributed by atoms with Crippen LogP contribution < -0.4 is 14.2 Å². The fourth-order valence-corrected chi connectivity index (χ4v) is 3.39. The SMILES string of the molecule is COc1ccc(/C=C2\SC(=O)N(CCOc3ccccc3OC)C2=O)cc1. The van der Waals surface area contributed by atoms with Gasteiger partial charge >= 0.3 is 0 Å². The van der Waals surface area contributed by atoms with Crippen LogP contribution in [0.4, 0.5) is 4.79 Å². The highest BCUT2D eigenvalue weighted by atomic mass is 32.2. The van der Waals surface area contributed by atoms with Gasteiger partial charge in [-0.3, -0.25) is 14.5 Å². The fourth-order valence-electron chi connectivity index (χ4n) is 2.53. The minimum Gasteiger partial charge on any atom is -0.497 e. The van der Waals surface area contributed by atoms with Crippen molar-refractivity contribution >= 4 is 29.0 Å².